The lowest BCUT2D eigenvalue weighted by Crippen LogP contribution is -2.40. The maximum absolute atomic E-state index is 11.8. The first kappa shape index (κ1) is 15.6. The van der Waals surface area contributed by atoms with Crippen LogP contribution < -0.4 is 10.6 Å². The van der Waals surface area contributed by atoms with Crippen LogP contribution in [0.4, 0.5) is 0 Å². The molecular weight excluding hydrogens is 250 g/mol. The number of rotatable bonds is 8. The van der Waals surface area contributed by atoms with E-state index in [9.17, 15) is 14.4 Å². The number of likely N-dealkylation sites (tertiary alicyclic amines) is 1. The number of ether oxygens (including phenoxy) is 1. The molecule has 1 fully saturated rings. The van der Waals surface area contributed by atoms with Crippen LogP contribution in [0.25, 0.3) is 0 Å². The number of likely N-dealkylation sites (N-methyl/N-ethyl adjacent to an activating group) is 1. The molecule has 1 aliphatic heterocycles. The highest BCUT2D eigenvalue weighted by molar-refractivity contribution is 6.05. The Kier molecular flexibility index (Phi) is 6.44. The molecule has 19 heavy (non-hydrogen) atoms. The Balaban J connectivity index is 2.21. The number of amides is 3. The maximum atomic E-state index is 11.8. The van der Waals surface area contributed by atoms with Gasteiger partial charge in [-0.1, -0.05) is 0 Å². The second-order valence-corrected chi connectivity index (χ2v) is 4.28. The van der Waals surface area contributed by atoms with Gasteiger partial charge in [-0.25, -0.2) is 0 Å². The van der Waals surface area contributed by atoms with E-state index in [0.29, 0.717) is 26.2 Å². The minimum Gasteiger partial charge on any atom is -0.383 e. The van der Waals surface area contributed by atoms with Crippen LogP contribution in [0.1, 0.15) is 19.8 Å². The lowest BCUT2D eigenvalue weighted by molar-refractivity contribution is -0.138. The molecule has 0 aliphatic carbocycles. The number of imide groups is 1. The van der Waals surface area contributed by atoms with Crippen molar-refractivity contribution < 1.29 is 19.1 Å². The number of nitrogens with zero attached hydrogens (tertiary/aromatic N) is 1. The van der Waals surface area contributed by atoms with Crippen LogP contribution in [0.3, 0.4) is 0 Å². The number of hydrogen-bond acceptors (Lipinski definition) is 5. The highest BCUT2D eigenvalue weighted by Crippen LogP contribution is 2.12. The number of carbonyl (C=O) groups excluding carboxylic acids is 3. The largest absolute Gasteiger partial charge is 0.383 e. The molecule has 0 saturated carbocycles. The Hall–Kier alpha value is -1.47. The minimum absolute atomic E-state index is 0.103. The van der Waals surface area contributed by atoms with Gasteiger partial charge in [-0.05, 0) is 6.92 Å². The third-order valence-corrected chi connectivity index (χ3v) is 2.93. The van der Waals surface area contributed by atoms with Gasteiger partial charge in [0.05, 0.1) is 19.1 Å². The third-order valence-electron chi connectivity index (χ3n) is 2.93. The van der Waals surface area contributed by atoms with Crippen molar-refractivity contribution in [1.82, 2.24) is 15.5 Å². The fraction of sp³-hybridized carbons (Fsp3) is 0.750. The molecule has 0 bridgehead atoms. The van der Waals surface area contributed by atoms with Gasteiger partial charge in [0.25, 0.3) is 0 Å². The van der Waals surface area contributed by atoms with Crippen LogP contribution in [0, 0.1) is 0 Å². The van der Waals surface area contributed by atoms with Gasteiger partial charge in [0, 0.05) is 33.2 Å². The first-order valence-corrected chi connectivity index (χ1v) is 6.43. The highest BCUT2D eigenvalue weighted by atomic mass is 16.5. The summed E-state index contributed by atoms with van der Waals surface area (Å²) in [4.78, 5) is 35.9. The number of hydrogen-bond donors (Lipinski definition) is 2. The normalized spacial score (nSPS) is 19.1. The number of methoxy groups -OCH3 is 1. The van der Waals surface area contributed by atoms with E-state index in [-0.39, 0.29) is 30.6 Å². The zero-order valence-corrected chi connectivity index (χ0v) is 11.4. The molecule has 0 radical (unpaired) electrons. The summed E-state index contributed by atoms with van der Waals surface area (Å²) in [6, 6.07) is -0.487. The number of carbonyl (C=O) groups is 3. The summed E-state index contributed by atoms with van der Waals surface area (Å²) in [5.74, 6) is -0.462. The van der Waals surface area contributed by atoms with E-state index in [2.05, 4.69) is 10.6 Å². The Morgan fingerprint density at radius 1 is 1.42 bits per heavy atom. The van der Waals surface area contributed by atoms with Gasteiger partial charge >= 0.3 is 0 Å². The van der Waals surface area contributed by atoms with Crippen molar-refractivity contribution in [2.75, 3.05) is 33.4 Å². The van der Waals surface area contributed by atoms with Crippen LogP contribution in [-0.4, -0.2) is 62.0 Å². The average Bonchev–Trinajstić information content (AvgIpc) is 2.64. The van der Waals surface area contributed by atoms with Gasteiger partial charge in [0.1, 0.15) is 0 Å². The predicted octanol–water partition coefficient (Wildman–Crippen LogP) is -1.12. The van der Waals surface area contributed by atoms with E-state index in [0.717, 1.165) is 0 Å². The Morgan fingerprint density at radius 3 is 2.74 bits per heavy atom. The fourth-order valence-electron chi connectivity index (χ4n) is 1.92. The van der Waals surface area contributed by atoms with Crippen molar-refractivity contribution in [1.29, 1.82) is 0 Å². The first-order valence-electron chi connectivity index (χ1n) is 6.43. The van der Waals surface area contributed by atoms with Crippen LogP contribution >= 0.6 is 0 Å². The second-order valence-electron chi connectivity index (χ2n) is 4.28. The predicted molar refractivity (Wildman–Crippen MR) is 68.3 cm³/mol. The summed E-state index contributed by atoms with van der Waals surface area (Å²) in [5, 5.41) is 5.63. The lowest BCUT2D eigenvalue weighted by Gasteiger charge is -2.13. The van der Waals surface area contributed by atoms with E-state index in [1.165, 1.54) is 4.90 Å². The Bertz CT molecular complexity index is 346. The zero-order chi connectivity index (χ0) is 14.3. The second kappa shape index (κ2) is 7.85. The molecule has 7 heteroatoms. The van der Waals surface area contributed by atoms with Crippen molar-refractivity contribution in [3.05, 3.63) is 0 Å². The fourth-order valence-corrected chi connectivity index (χ4v) is 1.92. The summed E-state index contributed by atoms with van der Waals surface area (Å²) in [5.41, 5.74) is 0. The van der Waals surface area contributed by atoms with Gasteiger partial charge in [0.2, 0.25) is 17.7 Å². The molecule has 1 heterocycles. The van der Waals surface area contributed by atoms with Crippen molar-refractivity contribution in [2.45, 2.75) is 25.8 Å². The standard InChI is InChI=1S/C12H21N3O4/c1-3-15-11(17)8-9(12(15)18)13-5-4-10(16)14-6-7-19-2/h9,13H,3-8H2,1-2H3,(H,14,16). The smallest absolute Gasteiger partial charge is 0.246 e. The first-order chi connectivity index (χ1) is 9.10. The highest BCUT2D eigenvalue weighted by Gasteiger charge is 2.36. The summed E-state index contributed by atoms with van der Waals surface area (Å²) in [6.45, 7) is 3.48. The van der Waals surface area contributed by atoms with Gasteiger partial charge in [-0.3, -0.25) is 19.3 Å². The number of nitrogens with one attached hydrogen (secondary N) is 2. The summed E-state index contributed by atoms with van der Waals surface area (Å²) >= 11 is 0. The Labute approximate surface area is 112 Å². The molecule has 0 aromatic heterocycles. The molecule has 3 amide bonds. The van der Waals surface area contributed by atoms with E-state index < -0.39 is 6.04 Å². The summed E-state index contributed by atoms with van der Waals surface area (Å²) in [6.07, 6.45) is 0.450. The van der Waals surface area contributed by atoms with Crippen molar-refractivity contribution >= 4 is 17.7 Å². The minimum atomic E-state index is -0.487. The van der Waals surface area contributed by atoms with Crippen molar-refractivity contribution in [3.8, 4) is 0 Å². The molecule has 0 aromatic rings. The third kappa shape index (κ3) is 4.60. The van der Waals surface area contributed by atoms with Crippen LogP contribution in [0.15, 0.2) is 0 Å². The summed E-state index contributed by atoms with van der Waals surface area (Å²) in [7, 11) is 1.57. The van der Waals surface area contributed by atoms with Crippen LogP contribution in [-0.2, 0) is 19.1 Å². The SMILES string of the molecule is CCN1C(=O)CC(NCCC(=O)NCCOC)C1=O. The average molecular weight is 271 g/mol. The molecule has 1 rings (SSSR count). The molecule has 1 saturated heterocycles. The van der Waals surface area contributed by atoms with E-state index in [4.69, 9.17) is 4.74 Å². The maximum Gasteiger partial charge on any atom is 0.246 e. The monoisotopic (exact) mass is 271 g/mol. The van der Waals surface area contributed by atoms with Gasteiger partial charge in [0.15, 0.2) is 0 Å². The molecule has 108 valence electrons. The zero-order valence-electron chi connectivity index (χ0n) is 11.4. The van der Waals surface area contributed by atoms with Gasteiger partial charge in [-0.15, -0.1) is 0 Å². The Morgan fingerprint density at radius 2 is 2.16 bits per heavy atom. The quantitative estimate of drug-likeness (QED) is 0.431. The molecule has 0 spiro atoms. The molecule has 1 aliphatic rings. The molecular formula is C12H21N3O4. The molecule has 0 aromatic carbocycles. The topological polar surface area (TPSA) is 87.7 Å². The summed E-state index contributed by atoms with van der Waals surface area (Å²) < 4.78 is 4.81. The van der Waals surface area contributed by atoms with Crippen LogP contribution in [0.5, 0.6) is 0 Å². The lowest BCUT2D eigenvalue weighted by atomic mass is 10.2. The van der Waals surface area contributed by atoms with Gasteiger partial charge < -0.3 is 15.4 Å². The van der Waals surface area contributed by atoms with Crippen molar-refractivity contribution in [2.24, 2.45) is 0 Å². The van der Waals surface area contributed by atoms with E-state index >= 15 is 0 Å². The van der Waals surface area contributed by atoms with Crippen molar-refractivity contribution in [3.63, 3.8) is 0 Å². The molecule has 7 nitrogen and oxygen atoms in total. The molecule has 1 unspecified atom stereocenters. The van der Waals surface area contributed by atoms with E-state index in [1.54, 1.807) is 14.0 Å². The molecule has 1 atom stereocenters. The van der Waals surface area contributed by atoms with Gasteiger partial charge in [-0.2, -0.15) is 0 Å². The van der Waals surface area contributed by atoms with Crippen LogP contribution in [0.2, 0.25) is 0 Å². The molecule has 2 N–H and O–H groups in total. The van der Waals surface area contributed by atoms with E-state index in [1.807, 2.05) is 0 Å².